The van der Waals surface area contributed by atoms with E-state index in [1.54, 1.807) is 12.4 Å². The SMILES string of the molecule is CN1CCN(C)C(CNc2ncc(N)cn2)C1. The highest BCUT2D eigenvalue weighted by Gasteiger charge is 2.21. The number of anilines is 2. The fourth-order valence-corrected chi connectivity index (χ4v) is 1.96. The Balaban J connectivity index is 1.86. The van der Waals surface area contributed by atoms with Crippen molar-refractivity contribution in [3.63, 3.8) is 0 Å². The third-order valence-electron chi connectivity index (χ3n) is 3.15. The monoisotopic (exact) mass is 236 g/mol. The van der Waals surface area contributed by atoms with E-state index in [-0.39, 0.29) is 0 Å². The maximum Gasteiger partial charge on any atom is 0.222 e. The molecule has 1 aliphatic rings. The summed E-state index contributed by atoms with van der Waals surface area (Å²) in [4.78, 5) is 13.0. The van der Waals surface area contributed by atoms with Crippen molar-refractivity contribution >= 4 is 11.6 Å². The van der Waals surface area contributed by atoms with Gasteiger partial charge in [0, 0.05) is 32.2 Å². The van der Waals surface area contributed by atoms with Crippen LogP contribution >= 0.6 is 0 Å². The lowest BCUT2D eigenvalue weighted by Crippen LogP contribution is -2.52. The highest BCUT2D eigenvalue weighted by molar-refractivity contribution is 5.35. The van der Waals surface area contributed by atoms with Crippen LogP contribution in [0.3, 0.4) is 0 Å². The second-order valence-electron chi connectivity index (χ2n) is 4.62. The molecule has 1 atom stereocenters. The Labute approximate surface area is 102 Å². The Kier molecular flexibility index (Phi) is 3.75. The van der Waals surface area contributed by atoms with Gasteiger partial charge in [0.15, 0.2) is 0 Å². The molecule has 0 saturated carbocycles. The molecule has 6 nitrogen and oxygen atoms in total. The van der Waals surface area contributed by atoms with Crippen molar-refractivity contribution in [1.82, 2.24) is 19.8 Å². The van der Waals surface area contributed by atoms with Crippen LogP contribution in [-0.4, -0.2) is 66.1 Å². The molecule has 0 aliphatic carbocycles. The normalized spacial score (nSPS) is 22.6. The van der Waals surface area contributed by atoms with E-state index in [1.807, 2.05) is 0 Å². The zero-order chi connectivity index (χ0) is 12.3. The Morgan fingerprint density at radius 1 is 1.35 bits per heavy atom. The molecular formula is C11H20N6. The van der Waals surface area contributed by atoms with Crippen molar-refractivity contribution in [2.24, 2.45) is 0 Å². The van der Waals surface area contributed by atoms with E-state index < -0.39 is 0 Å². The van der Waals surface area contributed by atoms with Gasteiger partial charge in [-0.2, -0.15) is 0 Å². The molecule has 2 heterocycles. The topological polar surface area (TPSA) is 70.3 Å². The molecule has 1 aromatic heterocycles. The fourth-order valence-electron chi connectivity index (χ4n) is 1.96. The predicted molar refractivity (Wildman–Crippen MR) is 68.8 cm³/mol. The highest BCUT2D eigenvalue weighted by atomic mass is 15.3. The van der Waals surface area contributed by atoms with Crippen LogP contribution in [0.15, 0.2) is 12.4 Å². The minimum absolute atomic E-state index is 0.495. The van der Waals surface area contributed by atoms with Gasteiger partial charge in [0.1, 0.15) is 0 Å². The van der Waals surface area contributed by atoms with E-state index in [2.05, 4.69) is 39.2 Å². The second kappa shape index (κ2) is 5.29. The number of aromatic nitrogens is 2. The number of rotatable bonds is 3. The average Bonchev–Trinajstić information content (AvgIpc) is 2.32. The third kappa shape index (κ3) is 3.28. The quantitative estimate of drug-likeness (QED) is 0.752. The third-order valence-corrected chi connectivity index (χ3v) is 3.15. The smallest absolute Gasteiger partial charge is 0.222 e. The summed E-state index contributed by atoms with van der Waals surface area (Å²) >= 11 is 0. The van der Waals surface area contributed by atoms with E-state index in [1.165, 1.54) is 0 Å². The van der Waals surface area contributed by atoms with Gasteiger partial charge in [-0.15, -0.1) is 0 Å². The summed E-state index contributed by atoms with van der Waals surface area (Å²) in [6.45, 7) is 4.15. The number of nitrogens with two attached hydrogens (primary N) is 1. The lowest BCUT2D eigenvalue weighted by molar-refractivity contribution is 0.121. The molecule has 1 aliphatic heterocycles. The van der Waals surface area contributed by atoms with Crippen LogP contribution in [0.25, 0.3) is 0 Å². The van der Waals surface area contributed by atoms with Crippen LogP contribution in [0.1, 0.15) is 0 Å². The van der Waals surface area contributed by atoms with Gasteiger partial charge in [-0.25, -0.2) is 9.97 Å². The zero-order valence-corrected chi connectivity index (χ0v) is 10.4. The molecule has 0 radical (unpaired) electrons. The van der Waals surface area contributed by atoms with Gasteiger partial charge >= 0.3 is 0 Å². The van der Waals surface area contributed by atoms with Crippen LogP contribution < -0.4 is 11.1 Å². The number of nitrogens with zero attached hydrogens (tertiary/aromatic N) is 4. The largest absolute Gasteiger partial charge is 0.396 e. The van der Waals surface area contributed by atoms with Gasteiger partial charge < -0.3 is 16.0 Å². The van der Waals surface area contributed by atoms with Gasteiger partial charge in [0.25, 0.3) is 0 Å². The summed E-state index contributed by atoms with van der Waals surface area (Å²) in [6.07, 6.45) is 3.23. The van der Waals surface area contributed by atoms with Crippen LogP contribution in [0.4, 0.5) is 11.6 Å². The van der Waals surface area contributed by atoms with Gasteiger partial charge in [-0.1, -0.05) is 0 Å². The second-order valence-corrected chi connectivity index (χ2v) is 4.62. The van der Waals surface area contributed by atoms with Gasteiger partial charge in [-0.3, -0.25) is 4.90 Å². The minimum Gasteiger partial charge on any atom is -0.396 e. The molecule has 1 saturated heterocycles. The number of nitrogen functional groups attached to an aromatic ring is 1. The Hall–Kier alpha value is -1.40. The molecule has 0 aromatic carbocycles. The molecule has 0 bridgehead atoms. The first-order valence-electron chi connectivity index (χ1n) is 5.85. The summed E-state index contributed by atoms with van der Waals surface area (Å²) < 4.78 is 0. The Morgan fingerprint density at radius 3 is 2.76 bits per heavy atom. The number of hydrogen-bond acceptors (Lipinski definition) is 6. The van der Waals surface area contributed by atoms with Gasteiger partial charge in [0.05, 0.1) is 18.1 Å². The van der Waals surface area contributed by atoms with Crippen molar-refractivity contribution in [1.29, 1.82) is 0 Å². The van der Waals surface area contributed by atoms with Crippen LogP contribution in [0.5, 0.6) is 0 Å². The number of hydrogen-bond donors (Lipinski definition) is 2. The number of piperazine rings is 1. The van der Waals surface area contributed by atoms with Gasteiger partial charge in [0.2, 0.25) is 5.95 Å². The molecule has 1 unspecified atom stereocenters. The molecule has 1 aromatic rings. The molecular weight excluding hydrogens is 216 g/mol. The molecule has 2 rings (SSSR count). The zero-order valence-electron chi connectivity index (χ0n) is 10.4. The summed E-state index contributed by atoms with van der Waals surface area (Å²) in [5.74, 6) is 0.640. The standard InChI is InChI=1S/C11H20N6/c1-16-3-4-17(2)10(8-16)7-15-11-13-5-9(12)6-14-11/h5-6,10H,3-4,7-8,12H2,1-2H3,(H,13,14,15). The van der Waals surface area contributed by atoms with Crippen molar-refractivity contribution in [2.45, 2.75) is 6.04 Å². The molecule has 17 heavy (non-hydrogen) atoms. The van der Waals surface area contributed by atoms with E-state index in [0.717, 1.165) is 26.2 Å². The van der Waals surface area contributed by atoms with Crippen molar-refractivity contribution in [2.75, 3.05) is 51.3 Å². The molecule has 3 N–H and O–H groups in total. The van der Waals surface area contributed by atoms with E-state index >= 15 is 0 Å². The number of nitrogens with one attached hydrogen (secondary N) is 1. The lowest BCUT2D eigenvalue weighted by atomic mass is 10.2. The predicted octanol–water partition coefficient (Wildman–Crippen LogP) is -0.283. The maximum atomic E-state index is 5.54. The molecule has 0 spiro atoms. The van der Waals surface area contributed by atoms with Crippen LogP contribution in [-0.2, 0) is 0 Å². The average molecular weight is 236 g/mol. The maximum absolute atomic E-state index is 5.54. The van der Waals surface area contributed by atoms with E-state index in [4.69, 9.17) is 5.73 Å². The van der Waals surface area contributed by atoms with Crippen LogP contribution in [0, 0.1) is 0 Å². The fraction of sp³-hybridized carbons (Fsp3) is 0.636. The van der Waals surface area contributed by atoms with E-state index in [9.17, 15) is 0 Å². The van der Waals surface area contributed by atoms with Gasteiger partial charge in [-0.05, 0) is 14.1 Å². The summed E-state index contributed by atoms with van der Waals surface area (Å²) in [7, 11) is 4.31. The van der Waals surface area contributed by atoms with E-state index in [0.29, 0.717) is 17.7 Å². The summed E-state index contributed by atoms with van der Waals surface area (Å²) in [5, 5.41) is 3.25. The summed E-state index contributed by atoms with van der Waals surface area (Å²) in [6, 6.07) is 0.495. The first-order valence-corrected chi connectivity index (χ1v) is 5.85. The van der Waals surface area contributed by atoms with Crippen LogP contribution in [0.2, 0.25) is 0 Å². The highest BCUT2D eigenvalue weighted by Crippen LogP contribution is 2.07. The minimum atomic E-state index is 0.495. The molecule has 1 fully saturated rings. The Bertz CT molecular complexity index is 351. The summed E-state index contributed by atoms with van der Waals surface area (Å²) in [5.41, 5.74) is 6.13. The molecule has 94 valence electrons. The molecule has 0 amide bonds. The first kappa shape index (κ1) is 12.1. The first-order chi connectivity index (χ1) is 8.15. The number of likely N-dealkylation sites (N-methyl/N-ethyl adjacent to an activating group) is 2. The molecule has 6 heteroatoms. The van der Waals surface area contributed by atoms with Crippen molar-refractivity contribution in [3.8, 4) is 0 Å². The van der Waals surface area contributed by atoms with Crippen molar-refractivity contribution < 1.29 is 0 Å². The Morgan fingerprint density at radius 2 is 2.06 bits per heavy atom. The van der Waals surface area contributed by atoms with Crippen molar-refractivity contribution in [3.05, 3.63) is 12.4 Å². The lowest BCUT2D eigenvalue weighted by Gasteiger charge is -2.37.